The zero-order valence-corrected chi connectivity index (χ0v) is 39.2. The molecule has 0 spiro atoms. The Kier molecular flexibility index (Phi) is 46.0. The highest BCUT2D eigenvalue weighted by Gasteiger charge is 2.19. The Balaban J connectivity index is 4.22. The molecule has 0 amide bonds. The van der Waals surface area contributed by atoms with Crippen molar-refractivity contribution in [1.29, 1.82) is 0 Å². The van der Waals surface area contributed by atoms with Crippen molar-refractivity contribution >= 4 is 17.9 Å². The molecule has 0 bridgehead atoms. The van der Waals surface area contributed by atoms with Gasteiger partial charge in [-0.05, 0) is 70.6 Å². The molecule has 6 heteroatoms. The normalized spacial score (nSPS) is 12.7. The minimum absolute atomic E-state index is 0.0832. The number of hydrogen-bond donors (Lipinski definition) is 0. The Morgan fingerprint density at radius 3 is 1.02 bits per heavy atom. The van der Waals surface area contributed by atoms with Gasteiger partial charge in [-0.3, -0.25) is 14.4 Å². The van der Waals surface area contributed by atoms with Crippen molar-refractivity contribution in [1.82, 2.24) is 0 Å². The molecule has 0 aliphatic carbocycles. The van der Waals surface area contributed by atoms with Gasteiger partial charge in [0.25, 0.3) is 0 Å². The minimum Gasteiger partial charge on any atom is -0.462 e. The Labute approximate surface area is 370 Å². The largest absolute Gasteiger partial charge is 0.462 e. The van der Waals surface area contributed by atoms with E-state index in [2.05, 4.69) is 93.7 Å². The van der Waals surface area contributed by atoms with Gasteiger partial charge in [-0.2, -0.15) is 0 Å². The maximum absolute atomic E-state index is 12.7. The van der Waals surface area contributed by atoms with Crippen molar-refractivity contribution in [2.45, 2.75) is 239 Å². The van der Waals surface area contributed by atoms with E-state index in [1.807, 2.05) is 0 Å². The van der Waals surface area contributed by atoms with Gasteiger partial charge in [0.15, 0.2) is 6.10 Å². The second kappa shape index (κ2) is 48.5. The van der Waals surface area contributed by atoms with Crippen molar-refractivity contribution in [2.24, 2.45) is 0 Å². The summed E-state index contributed by atoms with van der Waals surface area (Å²) < 4.78 is 16.6. The second-order valence-electron chi connectivity index (χ2n) is 16.4. The highest BCUT2D eigenvalue weighted by atomic mass is 16.6. The Morgan fingerprint density at radius 2 is 0.650 bits per heavy atom. The first-order valence-corrected chi connectivity index (χ1v) is 24.9. The molecule has 0 radical (unpaired) electrons. The van der Waals surface area contributed by atoms with Crippen molar-refractivity contribution in [3.8, 4) is 0 Å². The van der Waals surface area contributed by atoms with Gasteiger partial charge in [-0.1, -0.05) is 216 Å². The lowest BCUT2D eigenvalue weighted by molar-refractivity contribution is -0.167. The summed E-state index contributed by atoms with van der Waals surface area (Å²) in [5.74, 6) is -0.922. The van der Waals surface area contributed by atoms with Crippen LogP contribution in [0, 0.1) is 0 Å². The molecule has 0 heterocycles. The van der Waals surface area contributed by atoms with E-state index in [0.29, 0.717) is 19.3 Å². The molecule has 0 aromatic rings. The monoisotopic (exact) mass is 837 g/mol. The molecular formula is C54H92O6. The van der Waals surface area contributed by atoms with E-state index in [1.165, 1.54) is 77.0 Å². The lowest BCUT2D eigenvalue weighted by Crippen LogP contribution is -2.30. The Bertz CT molecular complexity index is 1140. The first-order valence-electron chi connectivity index (χ1n) is 24.9. The summed E-state index contributed by atoms with van der Waals surface area (Å²) in [5.41, 5.74) is 0. The van der Waals surface area contributed by atoms with Gasteiger partial charge in [0.2, 0.25) is 0 Å². The third-order valence-corrected chi connectivity index (χ3v) is 10.5. The summed E-state index contributed by atoms with van der Waals surface area (Å²) >= 11 is 0. The fourth-order valence-corrected chi connectivity index (χ4v) is 6.74. The van der Waals surface area contributed by atoms with Gasteiger partial charge in [0, 0.05) is 19.3 Å². The zero-order chi connectivity index (χ0) is 43.7. The molecule has 0 N–H and O–H groups in total. The molecule has 0 aromatic carbocycles. The first kappa shape index (κ1) is 56.9. The molecular weight excluding hydrogens is 745 g/mol. The molecule has 0 aromatic heterocycles. The van der Waals surface area contributed by atoms with E-state index in [9.17, 15) is 14.4 Å². The van der Waals surface area contributed by atoms with Gasteiger partial charge in [-0.25, -0.2) is 0 Å². The number of esters is 3. The summed E-state index contributed by atoms with van der Waals surface area (Å²) in [7, 11) is 0. The predicted octanol–water partition coefficient (Wildman–Crippen LogP) is 16.3. The SMILES string of the molecule is CC/C=C\C/C=C\C/C=C\C/C=C\C/C=C\C/C=C\CCCCCCC(=O)OCC(COC(=O)CCCCCCC)OC(=O)CCCCCCCCCCCCCCCC. The van der Waals surface area contributed by atoms with Crippen LogP contribution < -0.4 is 0 Å². The van der Waals surface area contributed by atoms with E-state index >= 15 is 0 Å². The van der Waals surface area contributed by atoms with Crippen LogP contribution in [0.15, 0.2) is 72.9 Å². The summed E-state index contributed by atoms with van der Waals surface area (Å²) in [4.78, 5) is 37.6. The summed E-state index contributed by atoms with van der Waals surface area (Å²) in [5, 5.41) is 0. The third kappa shape index (κ3) is 45.9. The lowest BCUT2D eigenvalue weighted by atomic mass is 10.0. The van der Waals surface area contributed by atoms with Gasteiger partial charge >= 0.3 is 17.9 Å². The van der Waals surface area contributed by atoms with Crippen LogP contribution in [0.3, 0.4) is 0 Å². The summed E-state index contributed by atoms with van der Waals surface area (Å²) in [6.45, 7) is 6.41. The second-order valence-corrected chi connectivity index (χ2v) is 16.4. The molecule has 344 valence electrons. The molecule has 0 rings (SSSR count). The topological polar surface area (TPSA) is 78.9 Å². The third-order valence-electron chi connectivity index (χ3n) is 10.5. The zero-order valence-electron chi connectivity index (χ0n) is 39.2. The van der Waals surface area contributed by atoms with Crippen LogP contribution in [0.1, 0.15) is 233 Å². The predicted molar refractivity (Wildman–Crippen MR) is 256 cm³/mol. The molecule has 0 aliphatic rings. The number of ether oxygens (including phenoxy) is 3. The van der Waals surface area contributed by atoms with Gasteiger partial charge < -0.3 is 14.2 Å². The first-order chi connectivity index (χ1) is 29.5. The van der Waals surface area contributed by atoms with Crippen molar-refractivity contribution < 1.29 is 28.6 Å². The van der Waals surface area contributed by atoms with E-state index in [4.69, 9.17) is 14.2 Å². The summed E-state index contributed by atoms with van der Waals surface area (Å²) in [6.07, 6.45) is 60.6. The lowest BCUT2D eigenvalue weighted by Gasteiger charge is -2.18. The van der Waals surface area contributed by atoms with Crippen molar-refractivity contribution in [3.63, 3.8) is 0 Å². The van der Waals surface area contributed by atoms with Crippen molar-refractivity contribution in [2.75, 3.05) is 13.2 Å². The van der Waals surface area contributed by atoms with Crippen LogP contribution in [-0.2, 0) is 28.6 Å². The fraction of sp³-hybridized carbons (Fsp3) is 0.722. The molecule has 0 saturated carbocycles. The van der Waals surface area contributed by atoms with Crippen LogP contribution in [0.25, 0.3) is 0 Å². The van der Waals surface area contributed by atoms with E-state index in [1.54, 1.807) is 0 Å². The fourth-order valence-electron chi connectivity index (χ4n) is 6.74. The van der Waals surface area contributed by atoms with Crippen LogP contribution in [0.4, 0.5) is 0 Å². The quantitative estimate of drug-likeness (QED) is 0.0263. The number of hydrogen-bond acceptors (Lipinski definition) is 6. The van der Waals surface area contributed by atoms with Crippen LogP contribution in [0.2, 0.25) is 0 Å². The van der Waals surface area contributed by atoms with Crippen LogP contribution >= 0.6 is 0 Å². The molecule has 1 atom stereocenters. The van der Waals surface area contributed by atoms with E-state index < -0.39 is 6.10 Å². The maximum Gasteiger partial charge on any atom is 0.306 e. The minimum atomic E-state index is -0.779. The maximum atomic E-state index is 12.7. The standard InChI is InChI=1S/C54H92O6/c1-4-7-10-13-15-17-19-21-23-24-25-26-27-28-29-30-31-33-34-36-38-41-44-47-53(56)59-50-51(49-58-52(55)46-43-40-12-9-6-3)60-54(57)48-45-42-39-37-35-32-22-20-18-16-14-11-8-5-2/h7,10,15,17,21,23,25-26,28-29,31,33,51H,4-6,8-9,11-14,16,18-20,22,24,27,30,32,34-50H2,1-3H3/b10-7-,17-15-,23-21-,26-25-,29-28-,33-31-. The van der Waals surface area contributed by atoms with Gasteiger partial charge in [0.1, 0.15) is 13.2 Å². The molecule has 0 aliphatic heterocycles. The molecule has 0 fully saturated rings. The highest BCUT2D eigenvalue weighted by molar-refractivity contribution is 5.71. The smallest absolute Gasteiger partial charge is 0.306 e. The average molecular weight is 837 g/mol. The van der Waals surface area contributed by atoms with Gasteiger partial charge in [0.05, 0.1) is 0 Å². The number of unbranched alkanes of at least 4 members (excludes halogenated alkanes) is 21. The average Bonchev–Trinajstić information content (AvgIpc) is 3.24. The van der Waals surface area contributed by atoms with Crippen molar-refractivity contribution in [3.05, 3.63) is 72.9 Å². The van der Waals surface area contributed by atoms with Crippen LogP contribution in [0.5, 0.6) is 0 Å². The molecule has 6 nitrogen and oxygen atoms in total. The van der Waals surface area contributed by atoms with E-state index in [-0.39, 0.29) is 31.1 Å². The molecule has 1 unspecified atom stereocenters. The molecule has 60 heavy (non-hydrogen) atoms. The number of carbonyl (C=O) groups excluding carboxylic acids is 3. The van der Waals surface area contributed by atoms with E-state index in [0.717, 1.165) is 116 Å². The number of allylic oxidation sites excluding steroid dienone is 12. The number of carbonyl (C=O) groups is 3. The number of rotatable bonds is 44. The Morgan fingerprint density at radius 1 is 0.350 bits per heavy atom. The van der Waals surface area contributed by atoms with Gasteiger partial charge in [-0.15, -0.1) is 0 Å². The molecule has 0 saturated heterocycles. The van der Waals surface area contributed by atoms with Crippen LogP contribution in [-0.4, -0.2) is 37.2 Å². The summed E-state index contributed by atoms with van der Waals surface area (Å²) in [6, 6.07) is 0. The Hall–Kier alpha value is -3.15. The highest BCUT2D eigenvalue weighted by Crippen LogP contribution is 2.15.